The van der Waals surface area contributed by atoms with Crippen LogP contribution in [0.1, 0.15) is 19.4 Å². The van der Waals surface area contributed by atoms with Crippen molar-refractivity contribution in [1.82, 2.24) is 10.2 Å². The van der Waals surface area contributed by atoms with Crippen LogP contribution in [-0.4, -0.2) is 43.0 Å². The Labute approximate surface area is 132 Å². The second-order valence-corrected chi connectivity index (χ2v) is 6.38. The van der Waals surface area contributed by atoms with E-state index >= 15 is 0 Å². The Morgan fingerprint density at radius 2 is 2.14 bits per heavy atom. The maximum absolute atomic E-state index is 12.2. The van der Waals surface area contributed by atoms with E-state index in [1.807, 2.05) is 38.1 Å². The Kier molecular flexibility index (Phi) is 5.00. The van der Waals surface area contributed by atoms with Gasteiger partial charge in [-0.15, -0.1) is 0 Å². The minimum absolute atomic E-state index is 0.0565. The van der Waals surface area contributed by atoms with Crippen LogP contribution in [0.15, 0.2) is 28.7 Å². The largest absolute Gasteiger partial charge is 0.370 e. The molecule has 0 spiro atoms. The first kappa shape index (κ1) is 16.0. The van der Waals surface area contributed by atoms with E-state index in [2.05, 4.69) is 21.2 Å². The van der Waals surface area contributed by atoms with Crippen molar-refractivity contribution in [2.24, 2.45) is 0 Å². The van der Waals surface area contributed by atoms with Gasteiger partial charge in [0.1, 0.15) is 6.61 Å². The van der Waals surface area contributed by atoms with Crippen molar-refractivity contribution in [3.63, 3.8) is 0 Å². The minimum atomic E-state index is -0.521. The Balaban J connectivity index is 2.01. The first-order chi connectivity index (χ1) is 9.90. The Morgan fingerprint density at radius 3 is 2.81 bits per heavy atom. The van der Waals surface area contributed by atoms with Crippen LogP contribution >= 0.6 is 15.9 Å². The van der Waals surface area contributed by atoms with Gasteiger partial charge in [0.25, 0.3) is 0 Å². The highest BCUT2D eigenvalue weighted by molar-refractivity contribution is 9.10. The third-order valence-electron chi connectivity index (χ3n) is 3.42. The molecule has 1 aromatic carbocycles. The van der Waals surface area contributed by atoms with Gasteiger partial charge in [0.15, 0.2) is 0 Å². The molecule has 0 aliphatic carbocycles. The molecule has 2 amide bonds. The number of rotatable bonds is 4. The number of amides is 2. The Hall–Kier alpha value is -1.40. The van der Waals surface area contributed by atoms with Gasteiger partial charge in [0.2, 0.25) is 11.8 Å². The summed E-state index contributed by atoms with van der Waals surface area (Å²) in [6.45, 7) is 4.93. The zero-order valence-electron chi connectivity index (χ0n) is 12.2. The van der Waals surface area contributed by atoms with Crippen LogP contribution in [0, 0.1) is 0 Å². The molecule has 114 valence electrons. The lowest BCUT2D eigenvalue weighted by Gasteiger charge is -2.31. The van der Waals surface area contributed by atoms with Crippen LogP contribution in [0.2, 0.25) is 0 Å². The van der Waals surface area contributed by atoms with Gasteiger partial charge >= 0.3 is 0 Å². The standard InChI is InChI=1S/C15H19BrN2O3/c1-15(2,11-5-3-4-6-12(11)16)17-13(19)9-18-7-8-21-10-14(18)20/h3-6H,7-10H2,1-2H3,(H,17,19). The molecule has 1 fully saturated rings. The summed E-state index contributed by atoms with van der Waals surface area (Å²) >= 11 is 3.50. The van der Waals surface area contributed by atoms with E-state index in [-0.39, 0.29) is 25.0 Å². The summed E-state index contributed by atoms with van der Waals surface area (Å²) in [5.74, 6) is -0.318. The van der Waals surface area contributed by atoms with Crippen molar-refractivity contribution >= 4 is 27.7 Å². The number of hydrogen-bond acceptors (Lipinski definition) is 3. The molecule has 1 aromatic rings. The number of carbonyl (C=O) groups excluding carboxylic acids is 2. The SMILES string of the molecule is CC(C)(NC(=O)CN1CCOCC1=O)c1ccccc1Br. The van der Waals surface area contributed by atoms with Crippen molar-refractivity contribution < 1.29 is 14.3 Å². The second kappa shape index (κ2) is 6.58. The quantitative estimate of drug-likeness (QED) is 0.894. The predicted octanol–water partition coefficient (Wildman–Crippen LogP) is 1.66. The van der Waals surface area contributed by atoms with Crippen molar-refractivity contribution in [2.45, 2.75) is 19.4 Å². The second-order valence-electron chi connectivity index (χ2n) is 5.52. The van der Waals surface area contributed by atoms with Crippen molar-refractivity contribution in [1.29, 1.82) is 0 Å². The molecular weight excluding hydrogens is 336 g/mol. The van der Waals surface area contributed by atoms with E-state index < -0.39 is 5.54 Å². The number of ether oxygens (including phenoxy) is 1. The number of hydrogen-bond donors (Lipinski definition) is 1. The van der Waals surface area contributed by atoms with Crippen molar-refractivity contribution in [2.75, 3.05) is 26.3 Å². The van der Waals surface area contributed by atoms with E-state index in [1.165, 1.54) is 4.90 Å². The average molecular weight is 355 g/mol. The summed E-state index contributed by atoms with van der Waals surface area (Å²) in [5.41, 5.74) is 0.471. The van der Waals surface area contributed by atoms with Crippen LogP contribution in [0.4, 0.5) is 0 Å². The molecule has 0 atom stereocenters. The molecule has 6 heteroatoms. The number of nitrogens with zero attached hydrogens (tertiary/aromatic N) is 1. The predicted molar refractivity (Wildman–Crippen MR) is 82.7 cm³/mol. The fourth-order valence-electron chi connectivity index (χ4n) is 2.31. The van der Waals surface area contributed by atoms with Crippen LogP contribution in [0.3, 0.4) is 0 Å². The lowest BCUT2D eigenvalue weighted by molar-refractivity contribution is -0.146. The number of carbonyl (C=O) groups is 2. The molecule has 0 aromatic heterocycles. The van der Waals surface area contributed by atoms with Gasteiger partial charge in [-0.3, -0.25) is 9.59 Å². The summed E-state index contributed by atoms with van der Waals surface area (Å²) in [6.07, 6.45) is 0. The van der Waals surface area contributed by atoms with Gasteiger partial charge in [-0.2, -0.15) is 0 Å². The first-order valence-corrected chi connectivity index (χ1v) is 7.61. The zero-order valence-corrected chi connectivity index (χ0v) is 13.8. The molecular formula is C15H19BrN2O3. The molecule has 1 aliphatic rings. The molecule has 0 unspecified atom stereocenters. The first-order valence-electron chi connectivity index (χ1n) is 6.82. The Morgan fingerprint density at radius 1 is 1.43 bits per heavy atom. The monoisotopic (exact) mass is 354 g/mol. The molecule has 2 rings (SSSR count). The number of morpholine rings is 1. The smallest absolute Gasteiger partial charge is 0.249 e. The third-order valence-corrected chi connectivity index (χ3v) is 4.11. The maximum atomic E-state index is 12.2. The van der Waals surface area contributed by atoms with Crippen molar-refractivity contribution in [3.8, 4) is 0 Å². The number of nitrogens with one attached hydrogen (secondary N) is 1. The molecule has 0 bridgehead atoms. The molecule has 5 nitrogen and oxygen atoms in total. The van der Waals surface area contributed by atoms with E-state index in [9.17, 15) is 9.59 Å². The van der Waals surface area contributed by atoms with Gasteiger partial charge < -0.3 is 15.0 Å². The molecule has 0 saturated carbocycles. The summed E-state index contributed by atoms with van der Waals surface area (Å²) in [7, 11) is 0. The van der Waals surface area contributed by atoms with Gasteiger partial charge in [0, 0.05) is 11.0 Å². The van der Waals surface area contributed by atoms with Gasteiger partial charge in [-0.05, 0) is 25.5 Å². The maximum Gasteiger partial charge on any atom is 0.249 e. The minimum Gasteiger partial charge on any atom is -0.370 e. The molecule has 0 radical (unpaired) electrons. The molecule has 1 heterocycles. The fraction of sp³-hybridized carbons (Fsp3) is 0.467. The molecule has 1 N–H and O–H groups in total. The lowest BCUT2D eigenvalue weighted by Crippen LogP contribution is -2.50. The highest BCUT2D eigenvalue weighted by atomic mass is 79.9. The number of halogens is 1. The van der Waals surface area contributed by atoms with E-state index in [0.717, 1.165) is 10.0 Å². The highest BCUT2D eigenvalue weighted by Crippen LogP contribution is 2.27. The summed E-state index contributed by atoms with van der Waals surface area (Å²) in [4.78, 5) is 25.4. The Bertz CT molecular complexity index is 545. The summed E-state index contributed by atoms with van der Waals surface area (Å²) < 4.78 is 5.99. The van der Waals surface area contributed by atoms with Crippen LogP contribution in [-0.2, 0) is 19.9 Å². The van der Waals surface area contributed by atoms with Gasteiger partial charge in [-0.1, -0.05) is 34.1 Å². The van der Waals surface area contributed by atoms with Gasteiger partial charge in [0.05, 0.1) is 18.7 Å². The molecule has 1 saturated heterocycles. The van der Waals surface area contributed by atoms with E-state index in [4.69, 9.17) is 4.74 Å². The van der Waals surface area contributed by atoms with Crippen molar-refractivity contribution in [3.05, 3.63) is 34.3 Å². The molecule has 21 heavy (non-hydrogen) atoms. The lowest BCUT2D eigenvalue weighted by atomic mass is 9.94. The highest BCUT2D eigenvalue weighted by Gasteiger charge is 2.27. The van der Waals surface area contributed by atoms with Crippen LogP contribution < -0.4 is 5.32 Å². The number of benzene rings is 1. The summed E-state index contributed by atoms with van der Waals surface area (Å²) in [5, 5.41) is 2.98. The van der Waals surface area contributed by atoms with Crippen LogP contribution in [0.5, 0.6) is 0 Å². The van der Waals surface area contributed by atoms with Gasteiger partial charge in [-0.25, -0.2) is 0 Å². The molecule has 1 aliphatic heterocycles. The van der Waals surface area contributed by atoms with E-state index in [1.54, 1.807) is 0 Å². The normalized spacial score (nSPS) is 16.0. The third kappa shape index (κ3) is 4.04. The van der Waals surface area contributed by atoms with Crippen LogP contribution in [0.25, 0.3) is 0 Å². The zero-order chi connectivity index (χ0) is 15.5. The average Bonchev–Trinajstić information content (AvgIpc) is 2.41. The topological polar surface area (TPSA) is 58.6 Å². The fourth-order valence-corrected chi connectivity index (χ4v) is 3.09. The van der Waals surface area contributed by atoms with E-state index in [0.29, 0.717) is 13.2 Å². The summed E-state index contributed by atoms with van der Waals surface area (Å²) in [6, 6.07) is 7.76.